The van der Waals surface area contributed by atoms with Crippen LogP contribution in [0, 0.1) is 0 Å². The first-order chi connectivity index (χ1) is 9.69. The van der Waals surface area contributed by atoms with Crippen molar-refractivity contribution in [2.45, 2.75) is 6.42 Å². The first-order valence-corrected chi connectivity index (χ1v) is 6.59. The number of aliphatic hydroxyl groups excluding tert-OH is 1. The molecule has 0 heterocycles. The highest BCUT2D eigenvalue weighted by molar-refractivity contribution is 6.30. The summed E-state index contributed by atoms with van der Waals surface area (Å²) >= 11 is 5.78. The van der Waals surface area contributed by atoms with E-state index < -0.39 is 0 Å². The quantitative estimate of drug-likeness (QED) is 0.807. The molecule has 0 spiro atoms. The number of carbonyl (C=O) groups is 1. The Morgan fingerprint density at radius 1 is 1.05 bits per heavy atom. The van der Waals surface area contributed by atoms with Crippen molar-refractivity contribution in [3.63, 3.8) is 0 Å². The number of rotatable bonds is 4. The Morgan fingerprint density at radius 3 is 2.45 bits per heavy atom. The van der Waals surface area contributed by atoms with Crippen LogP contribution in [0.2, 0.25) is 5.02 Å². The van der Waals surface area contributed by atoms with Gasteiger partial charge in [0.15, 0.2) is 0 Å². The van der Waals surface area contributed by atoms with Crippen LogP contribution in [0.1, 0.15) is 5.56 Å². The summed E-state index contributed by atoms with van der Waals surface area (Å²) in [5.41, 5.74) is 2.24. The molecule has 0 fully saturated rings. The highest BCUT2D eigenvalue weighted by atomic mass is 35.5. The second kappa shape index (κ2) is 6.93. The molecule has 0 aliphatic heterocycles. The number of nitrogens with one attached hydrogen (secondary N) is 2. The minimum atomic E-state index is -0.335. The molecule has 0 aliphatic carbocycles. The zero-order valence-electron chi connectivity index (χ0n) is 10.8. The van der Waals surface area contributed by atoms with Crippen LogP contribution in [0.3, 0.4) is 0 Å². The molecule has 0 aliphatic rings. The molecule has 104 valence electrons. The molecule has 3 N–H and O–H groups in total. The minimum absolute atomic E-state index is 0.0392. The third-order valence-corrected chi connectivity index (χ3v) is 3.00. The molecule has 0 saturated heterocycles. The number of aliphatic hydroxyl groups is 1. The number of halogens is 1. The first kappa shape index (κ1) is 14.4. The molecule has 20 heavy (non-hydrogen) atoms. The summed E-state index contributed by atoms with van der Waals surface area (Å²) < 4.78 is 0. The molecule has 2 rings (SSSR count). The summed E-state index contributed by atoms with van der Waals surface area (Å²) in [5, 5.41) is 15.1. The number of urea groups is 1. The zero-order valence-corrected chi connectivity index (χ0v) is 11.5. The maximum atomic E-state index is 11.9. The molecule has 0 saturated carbocycles. The lowest BCUT2D eigenvalue weighted by molar-refractivity contribution is 0.262. The molecule has 2 amide bonds. The molecule has 5 heteroatoms. The standard InChI is InChI=1S/C15H15ClN2O2/c16-12-5-7-13(8-6-12)17-15(20)18-14-4-2-1-3-11(14)9-10-19/h1-8,19H,9-10H2,(H2,17,18,20). The third kappa shape index (κ3) is 3.98. The van der Waals surface area contributed by atoms with Crippen LogP contribution < -0.4 is 10.6 Å². The van der Waals surface area contributed by atoms with Gasteiger partial charge in [-0.05, 0) is 42.3 Å². The fourth-order valence-electron chi connectivity index (χ4n) is 1.80. The molecular formula is C15H15ClN2O2. The van der Waals surface area contributed by atoms with E-state index in [4.69, 9.17) is 16.7 Å². The number of carbonyl (C=O) groups excluding carboxylic acids is 1. The van der Waals surface area contributed by atoms with Crippen LogP contribution >= 0.6 is 11.6 Å². The second-order valence-electron chi connectivity index (χ2n) is 4.22. The normalized spacial score (nSPS) is 10.1. The zero-order chi connectivity index (χ0) is 14.4. The molecule has 0 unspecified atom stereocenters. The Bertz CT molecular complexity index is 585. The minimum Gasteiger partial charge on any atom is -0.396 e. The monoisotopic (exact) mass is 290 g/mol. The highest BCUT2D eigenvalue weighted by Gasteiger charge is 2.06. The van der Waals surface area contributed by atoms with Crippen LogP contribution in [0.25, 0.3) is 0 Å². The average Bonchev–Trinajstić information content (AvgIpc) is 2.44. The molecule has 4 nitrogen and oxygen atoms in total. The number of hydrogen-bond acceptors (Lipinski definition) is 2. The summed E-state index contributed by atoms with van der Waals surface area (Å²) in [7, 11) is 0. The van der Waals surface area contributed by atoms with Gasteiger partial charge in [-0.25, -0.2) is 4.79 Å². The topological polar surface area (TPSA) is 61.4 Å². The smallest absolute Gasteiger partial charge is 0.323 e. The number of benzene rings is 2. The van der Waals surface area contributed by atoms with E-state index in [1.165, 1.54) is 0 Å². The lowest BCUT2D eigenvalue weighted by atomic mass is 10.1. The van der Waals surface area contributed by atoms with Gasteiger partial charge in [-0.1, -0.05) is 29.8 Å². The number of hydrogen-bond donors (Lipinski definition) is 3. The van der Waals surface area contributed by atoms with Crippen molar-refractivity contribution in [1.29, 1.82) is 0 Å². The van der Waals surface area contributed by atoms with Crippen molar-refractivity contribution in [3.8, 4) is 0 Å². The van der Waals surface area contributed by atoms with Gasteiger partial charge < -0.3 is 15.7 Å². The van der Waals surface area contributed by atoms with Crippen molar-refractivity contribution in [2.24, 2.45) is 0 Å². The van der Waals surface area contributed by atoms with Gasteiger partial charge in [0.1, 0.15) is 0 Å². The maximum absolute atomic E-state index is 11.9. The van der Waals surface area contributed by atoms with E-state index in [2.05, 4.69) is 10.6 Å². The van der Waals surface area contributed by atoms with E-state index >= 15 is 0 Å². The van der Waals surface area contributed by atoms with Gasteiger partial charge in [-0.15, -0.1) is 0 Å². The van der Waals surface area contributed by atoms with Gasteiger partial charge in [-0.2, -0.15) is 0 Å². The van der Waals surface area contributed by atoms with Crippen molar-refractivity contribution in [2.75, 3.05) is 17.2 Å². The van der Waals surface area contributed by atoms with Crippen LogP contribution in [-0.2, 0) is 6.42 Å². The second-order valence-corrected chi connectivity index (χ2v) is 4.65. The number of para-hydroxylation sites is 1. The summed E-state index contributed by atoms with van der Waals surface area (Å²) in [6.07, 6.45) is 0.497. The van der Waals surface area contributed by atoms with Crippen LogP contribution in [0.15, 0.2) is 48.5 Å². The summed E-state index contributed by atoms with van der Waals surface area (Å²) in [4.78, 5) is 11.9. The summed E-state index contributed by atoms with van der Waals surface area (Å²) in [6, 6.07) is 13.9. The Balaban J connectivity index is 2.02. The fraction of sp³-hybridized carbons (Fsp3) is 0.133. The van der Waals surface area contributed by atoms with Crippen molar-refractivity contribution < 1.29 is 9.90 Å². The predicted octanol–water partition coefficient (Wildman–Crippen LogP) is 3.52. The van der Waals surface area contributed by atoms with Gasteiger partial charge in [0, 0.05) is 23.0 Å². The molecule has 0 atom stereocenters. The Hall–Kier alpha value is -2.04. The van der Waals surface area contributed by atoms with E-state index in [0.717, 1.165) is 5.56 Å². The predicted molar refractivity (Wildman–Crippen MR) is 81.3 cm³/mol. The molecule has 2 aromatic carbocycles. The Labute approximate surface area is 122 Å². The third-order valence-electron chi connectivity index (χ3n) is 2.75. The van der Waals surface area contributed by atoms with E-state index in [1.807, 2.05) is 18.2 Å². The van der Waals surface area contributed by atoms with Crippen LogP contribution in [0.5, 0.6) is 0 Å². The van der Waals surface area contributed by atoms with E-state index in [1.54, 1.807) is 30.3 Å². The Kier molecular flexibility index (Phi) is 4.98. The maximum Gasteiger partial charge on any atom is 0.323 e. The van der Waals surface area contributed by atoms with Gasteiger partial charge in [0.2, 0.25) is 0 Å². The van der Waals surface area contributed by atoms with Crippen molar-refractivity contribution >= 4 is 29.0 Å². The van der Waals surface area contributed by atoms with E-state index in [-0.39, 0.29) is 12.6 Å². The number of anilines is 2. The fourth-order valence-corrected chi connectivity index (χ4v) is 1.92. The SMILES string of the molecule is O=C(Nc1ccc(Cl)cc1)Nc1ccccc1CCO. The molecule has 2 aromatic rings. The first-order valence-electron chi connectivity index (χ1n) is 6.21. The highest BCUT2D eigenvalue weighted by Crippen LogP contribution is 2.17. The molecule has 0 aromatic heterocycles. The van der Waals surface area contributed by atoms with Crippen molar-refractivity contribution in [3.05, 3.63) is 59.1 Å². The summed E-state index contributed by atoms with van der Waals surface area (Å²) in [6.45, 7) is 0.0392. The van der Waals surface area contributed by atoms with Gasteiger partial charge in [0.25, 0.3) is 0 Å². The van der Waals surface area contributed by atoms with Gasteiger partial charge >= 0.3 is 6.03 Å². The van der Waals surface area contributed by atoms with Crippen molar-refractivity contribution in [1.82, 2.24) is 0 Å². The summed E-state index contributed by atoms with van der Waals surface area (Å²) in [5.74, 6) is 0. The molecule has 0 bridgehead atoms. The van der Waals surface area contributed by atoms with Gasteiger partial charge in [0.05, 0.1) is 0 Å². The number of amides is 2. The van der Waals surface area contributed by atoms with E-state index in [9.17, 15) is 4.79 Å². The lowest BCUT2D eigenvalue weighted by Gasteiger charge is -2.11. The molecular weight excluding hydrogens is 276 g/mol. The van der Waals surface area contributed by atoms with Crippen LogP contribution in [0.4, 0.5) is 16.2 Å². The van der Waals surface area contributed by atoms with Gasteiger partial charge in [-0.3, -0.25) is 0 Å². The lowest BCUT2D eigenvalue weighted by Crippen LogP contribution is -2.20. The average molecular weight is 291 g/mol. The molecule has 0 radical (unpaired) electrons. The Morgan fingerprint density at radius 2 is 1.75 bits per heavy atom. The van der Waals surface area contributed by atoms with E-state index in [0.29, 0.717) is 22.8 Å². The van der Waals surface area contributed by atoms with Crippen LogP contribution in [-0.4, -0.2) is 17.7 Å². The largest absolute Gasteiger partial charge is 0.396 e.